The molecule has 0 spiro atoms. The fourth-order valence-corrected chi connectivity index (χ4v) is 2.53. The molecule has 1 aromatic rings. The Morgan fingerprint density at radius 2 is 1.95 bits per heavy atom. The standard InChI is InChI=1S/C15H20N2O3/c18-14(19)12-7-4-8-13(9-12)17-15(20)16-10-11-5-2-1-3-6-11/h4,7-9,11H,1-3,5-6,10H2,(H,18,19)(H2,16,17,20). The van der Waals surface area contributed by atoms with Crippen LogP contribution in [0.25, 0.3) is 0 Å². The van der Waals surface area contributed by atoms with E-state index in [-0.39, 0.29) is 11.6 Å². The molecule has 0 radical (unpaired) electrons. The first-order valence-electron chi connectivity index (χ1n) is 7.03. The van der Waals surface area contributed by atoms with E-state index in [1.165, 1.54) is 44.2 Å². The summed E-state index contributed by atoms with van der Waals surface area (Å²) in [5.74, 6) is -0.434. The molecular weight excluding hydrogens is 256 g/mol. The van der Waals surface area contributed by atoms with Crippen LogP contribution in [0.1, 0.15) is 42.5 Å². The van der Waals surface area contributed by atoms with Crippen LogP contribution in [0.3, 0.4) is 0 Å². The maximum Gasteiger partial charge on any atom is 0.335 e. The summed E-state index contributed by atoms with van der Waals surface area (Å²) in [4.78, 5) is 22.6. The second-order valence-electron chi connectivity index (χ2n) is 5.23. The molecule has 20 heavy (non-hydrogen) atoms. The number of aromatic carboxylic acids is 1. The van der Waals surface area contributed by atoms with Crippen molar-refractivity contribution >= 4 is 17.7 Å². The molecular formula is C15H20N2O3. The highest BCUT2D eigenvalue weighted by Crippen LogP contribution is 2.22. The van der Waals surface area contributed by atoms with Crippen molar-refractivity contribution < 1.29 is 14.7 Å². The van der Waals surface area contributed by atoms with Gasteiger partial charge < -0.3 is 15.7 Å². The minimum absolute atomic E-state index is 0.162. The van der Waals surface area contributed by atoms with Crippen molar-refractivity contribution in [3.8, 4) is 0 Å². The van der Waals surface area contributed by atoms with Crippen molar-refractivity contribution in [1.29, 1.82) is 0 Å². The summed E-state index contributed by atoms with van der Waals surface area (Å²) in [6, 6.07) is 5.95. The highest BCUT2D eigenvalue weighted by atomic mass is 16.4. The Balaban J connectivity index is 1.81. The van der Waals surface area contributed by atoms with Crippen LogP contribution in [0.15, 0.2) is 24.3 Å². The topological polar surface area (TPSA) is 78.4 Å². The number of carbonyl (C=O) groups excluding carboxylic acids is 1. The molecule has 2 amide bonds. The Labute approximate surface area is 118 Å². The molecule has 0 saturated heterocycles. The van der Waals surface area contributed by atoms with Crippen LogP contribution in [0, 0.1) is 5.92 Å². The van der Waals surface area contributed by atoms with E-state index in [0.717, 1.165) is 0 Å². The van der Waals surface area contributed by atoms with E-state index in [1.54, 1.807) is 12.1 Å². The minimum Gasteiger partial charge on any atom is -0.478 e. The van der Waals surface area contributed by atoms with Gasteiger partial charge in [0.2, 0.25) is 0 Å². The van der Waals surface area contributed by atoms with Crippen LogP contribution in [-0.2, 0) is 0 Å². The van der Waals surface area contributed by atoms with E-state index in [4.69, 9.17) is 5.11 Å². The summed E-state index contributed by atoms with van der Waals surface area (Å²) >= 11 is 0. The average molecular weight is 276 g/mol. The molecule has 5 nitrogen and oxygen atoms in total. The Kier molecular flexibility index (Phi) is 4.98. The van der Waals surface area contributed by atoms with Crippen molar-refractivity contribution in [2.75, 3.05) is 11.9 Å². The summed E-state index contributed by atoms with van der Waals surface area (Å²) in [6.07, 6.45) is 6.14. The first kappa shape index (κ1) is 14.4. The van der Waals surface area contributed by atoms with E-state index >= 15 is 0 Å². The van der Waals surface area contributed by atoms with Gasteiger partial charge in [-0.2, -0.15) is 0 Å². The van der Waals surface area contributed by atoms with Crippen molar-refractivity contribution in [2.45, 2.75) is 32.1 Å². The number of hydrogen-bond acceptors (Lipinski definition) is 2. The maximum absolute atomic E-state index is 11.8. The number of nitrogens with one attached hydrogen (secondary N) is 2. The molecule has 1 fully saturated rings. The zero-order chi connectivity index (χ0) is 14.4. The lowest BCUT2D eigenvalue weighted by Crippen LogP contribution is -2.33. The van der Waals surface area contributed by atoms with Gasteiger partial charge in [0.15, 0.2) is 0 Å². The number of hydrogen-bond donors (Lipinski definition) is 3. The van der Waals surface area contributed by atoms with Crippen LogP contribution in [0.4, 0.5) is 10.5 Å². The van der Waals surface area contributed by atoms with Gasteiger partial charge in [-0.25, -0.2) is 9.59 Å². The highest BCUT2D eigenvalue weighted by Gasteiger charge is 2.14. The van der Waals surface area contributed by atoms with Crippen LogP contribution in [-0.4, -0.2) is 23.7 Å². The average Bonchev–Trinajstić information content (AvgIpc) is 2.46. The molecule has 0 aliphatic heterocycles. The molecule has 0 atom stereocenters. The lowest BCUT2D eigenvalue weighted by Gasteiger charge is -2.21. The van der Waals surface area contributed by atoms with Crippen molar-refractivity contribution in [1.82, 2.24) is 5.32 Å². The molecule has 0 aromatic heterocycles. The van der Waals surface area contributed by atoms with Gasteiger partial charge in [-0.3, -0.25) is 0 Å². The third kappa shape index (κ3) is 4.26. The summed E-state index contributed by atoms with van der Waals surface area (Å²) in [6.45, 7) is 0.685. The largest absolute Gasteiger partial charge is 0.478 e. The summed E-state index contributed by atoms with van der Waals surface area (Å²) in [5.41, 5.74) is 0.654. The quantitative estimate of drug-likeness (QED) is 0.790. The summed E-state index contributed by atoms with van der Waals surface area (Å²) in [5, 5.41) is 14.4. The van der Waals surface area contributed by atoms with E-state index in [0.29, 0.717) is 18.2 Å². The van der Waals surface area contributed by atoms with Crippen molar-refractivity contribution in [3.63, 3.8) is 0 Å². The maximum atomic E-state index is 11.8. The number of amides is 2. The van der Waals surface area contributed by atoms with Crippen LogP contribution >= 0.6 is 0 Å². The van der Waals surface area contributed by atoms with E-state index in [2.05, 4.69) is 10.6 Å². The van der Waals surface area contributed by atoms with Crippen LogP contribution < -0.4 is 10.6 Å². The number of carboxylic acid groups (broad SMARTS) is 1. The van der Waals surface area contributed by atoms with Gasteiger partial charge in [0.05, 0.1) is 5.56 Å². The van der Waals surface area contributed by atoms with Crippen LogP contribution in [0.2, 0.25) is 0 Å². The van der Waals surface area contributed by atoms with E-state index in [1.807, 2.05) is 0 Å². The minimum atomic E-state index is -1.00. The molecule has 1 saturated carbocycles. The van der Waals surface area contributed by atoms with Gasteiger partial charge >= 0.3 is 12.0 Å². The molecule has 5 heteroatoms. The Hall–Kier alpha value is -2.04. The predicted molar refractivity (Wildman–Crippen MR) is 77.0 cm³/mol. The van der Waals surface area contributed by atoms with Crippen molar-refractivity contribution in [3.05, 3.63) is 29.8 Å². The van der Waals surface area contributed by atoms with Gasteiger partial charge in [-0.1, -0.05) is 25.3 Å². The molecule has 3 N–H and O–H groups in total. The molecule has 1 aromatic carbocycles. The SMILES string of the molecule is O=C(NCC1CCCCC1)Nc1cccc(C(=O)O)c1. The molecule has 0 heterocycles. The van der Waals surface area contributed by atoms with Gasteiger partial charge in [0.25, 0.3) is 0 Å². The fourth-order valence-electron chi connectivity index (χ4n) is 2.53. The molecule has 1 aliphatic carbocycles. The lowest BCUT2D eigenvalue weighted by atomic mass is 9.89. The second-order valence-corrected chi connectivity index (χ2v) is 5.23. The Morgan fingerprint density at radius 3 is 2.65 bits per heavy atom. The third-order valence-corrected chi connectivity index (χ3v) is 3.64. The summed E-state index contributed by atoms with van der Waals surface area (Å²) in [7, 11) is 0. The number of rotatable bonds is 4. The lowest BCUT2D eigenvalue weighted by molar-refractivity contribution is 0.0697. The third-order valence-electron chi connectivity index (χ3n) is 3.64. The van der Waals surface area contributed by atoms with Gasteiger partial charge in [-0.05, 0) is 37.0 Å². The van der Waals surface area contributed by atoms with E-state index < -0.39 is 5.97 Å². The number of urea groups is 1. The number of benzene rings is 1. The van der Waals surface area contributed by atoms with Crippen molar-refractivity contribution in [2.24, 2.45) is 5.92 Å². The normalized spacial score (nSPS) is 15.6. The monoisotopic (exact) mass is 276 g/mol. The highest BCUT2D eigenvalue weighted by molar-refractivity contribution is 5.93. The molecule has 1 aliphatic rings. The zero-order valence-electron chi connectivity index (χ0n) is 11.4. The first-order valence-corrected chi connectivity index (χ1v) is 7.03. The molecule has 2 rings (SSSR count). The van der Waals surface area contributed by atoms with Gasteiger partial charge in [0.1, 0.15) is 0 Å². The molecule has 0 bridgehead atoms. The summed E-state index contributed by atoms with van der Waals surface area (Å²) < 4.78 is 0. The smallest absolute Gasteiger partial charge is 0.335 e. The zero-order valence-corrected chi connectivity index (χ0v) is 11.4. The van der Waals surface area contributed by atoms with Gasteiger partial charge in [0, 0.05) is 12.2 Å². The number of carbonyl (C=O) groups is 2. The van der Waals surface area contributed by atoms with E-state index in [9.17, 15) is 9.59 Å². The first-order chi connectivity index (χ1) is 9.65. The van der Waals surface area contributed by atoms with Gasteiger partial charge in [-0.15, -0.1) is 0 Å². The predicted octanol–water partition coefficient (Wildman–Crippen LogP) is 3.09. The Bertz CT molecular complexity index is 482. The fraction of sp³-hybridized carbons (Fsp3) is 0.467. The molecule has 0 unspecified atom stereocenters. The second kappa shape index (κ2) is 6.93. The molecule has 108 valence electrons. The van der Waals surface area contributed by atoms with Crippen LogP contribution in [0.5, 0.6) is 0 Å². The number of anilines is 1. The Morgan fingerprint density at radius 1 is 1.20 bits per heavy atom. The number of carboxylic acids is 1.